The number of guanidine groups is 1. The molecule has 0 amide bonds. The summed E-state index contributed by atoms with van der Waals surface area (Å²) in [5.41, 5.74) is 0. The van der Waals surface area contributed by atoms with Gasteiger partial charge in [-0.15, -0.1) is 24.0 Å². The second kappa shape index (κ2) is 17.0. The zero-order valence-electron chi connectivity index (χ0n) is 15.0. The maximum absolute atomic E-state index is 5.51. The Bertz CT molecular complexity index is 399. The number of aliphatic imine (C=N–C) groups is 1. The minimum atomic E-state index is 0. The first-order chi connectivity index (χ1) is 11.4. The summed E-state index contributed by atoms with van der Waals surface area (Å²) in [6, 6.07) is 4.06. The first kappa shape index (κ1) is 23.2. The summed E-state index contributed by atoms with van der Waals surface area (Å²) in [6.07, 6.45) is 6.40. The Morgan fingerprint density at radius 2 is 1.71 bits per heavy atom. The molecular formula is C17H33IN4O2. The Labute approximate surface area is 163 Å². The number of rotatable bonds is 13. The van der Waals surface area contributed by atoms with Crippen LogP contribution in [0.5, 0.6) is 0 Å². The molecule has 2 N–H and O–H groups in total. The highest BCUT2D eigenvalue weighted by Crippen LogP contribution is 1.89. The van der Waals surface area contributed by atoms with Gasteiger partial charge < -0.3 is 24.7 Å². The van der Waals surface area contributed by atoms with E-state index in [0.29, 0.717) is 26.4 Å². The predicted octanol–water partition coefficient (Wildman–Crippen LogP) is 2.49. The molecular weight excluding hydrogens is 419 g/mol. The third-order valence-corrected chi connectivity index (χ3v) is 3.19. The summed E-state index contributed by atoms with van der Waals surface area (Å²) in [4.78, 5) is 4.50. The molecule has 0 aliphatic rings. The molecule has 0 bridgehead atoms. The van der Waals surface area contributed by atoms with Crippen LogP contribution in [0.15, 0.2) is 29.5 Å². The topological polar surface area (TPSA) is 59.8 Å². The van der Waals surface area contributed by atoms with E-state index in [0.717, 1.165) is 38.6 Å². The highest BCUT2D eigenvalue weighted by atomic mass is 127. The molecule has 1 rings (SSSR count). The summed E-state index contributed by atoms with van der Waals surface area (Å²) in [6.45, 7) is 10.2. The van der Waals surface area contributed by atoms with Crippen molar-refractivity contribution in [2.75, 3.05) is 46.1 Å². The number of hydrogen-bond donors (Lipinski definition) is 2. The highest BCUT2D eigenvalue weighted by molar-refractivity contribution is 14.0. The van der Waals surface area contributed by atoms with Crippen LogP contribution in [0.3, 0.4) is 0 Å². The Balaban J connectivity index is 0.00000529. The molecule has 0 aliphatic carbocycles. The fourth-order valence-corrected chi connectivity index (χ4v) is 1.95. The monoisotopic (exact) mass is 452 g/mol. The van der Waals surface area contributed by atoms with Crippen LogP contribution in [0.4, 0.5) is 0 Å². The zero-order chi connectivity index (χ0) is 16.6. The molecule has 0 unspecified atom stereocenters. The molecule has 0 fully saturated rings. The largest absolute Gasteiger partial charge is 0.379 e. The summed E-state index contributed by atoms with van der Waals surface area (Å²) in [5.74, 6) is 0.836. The number of ether oxygens (including phenoxy) is 2. The molecule has 6 nitrogen and oxygen atoms in total. The number of hydrogen-bond acceptors (Lipinski definition) is 3. The van der Waals surface area contributed by atoms with Gasteiger partial charge in [0.25, 0.3) is 0 Å². The normalized spacial score (nSPS) is 11.2. The molecule has 1 aromatic rings. The lowest BCUT2D eigenvalue weighted by Crippen LogP contribution is -2.39. The van der Waals surface area contributed by atoms with Crippen LogP contribution in [-0.2, 0) is 16.0 Å². The summed E-state index contributed by atoms with van der Waals surface area (Å²) in [5, 5.41) is 6.56. The Kier molecular flexibility index (Phi) is 16.5. The third-order valence-electron chi connectivity index (χ3n) is 3.19. The zero-order valence-corrected chi connectivity index (χ0v) is 17.3. The first-order valence-electron chi connectivity index (χ1n) is 8.65. The van der Waals surface area contributed by atoms with Gasteiger partial charge in [-0.05, 0) is 25.5 Å². The molecule has 1 aromatic heterocycles. The quantitative estimate of drug-likeness (QED) is 0.209. The van der Waals surface area contributed by atoms with Crippen LogP contribution < -0.4 is 10.6 Å². The van der Waals surface area contributed by atoms with E-state index in [1.807, 2.05) is 12.1 Å². The summed E-state index contributed by atoms with van der Waals surface area (Å²) in [7, 11) is 0. The summed E-state index contributed by atoms with van der Waals surface area (Å²) >= 11 is 0. The van der Waals surface area contributed by atoms with E-state index in [-0.39, 0.29) is 24.0 Å². The van der Waals surface area contributed by atoms with E-state index in [1.54, 1.807) is 0 Å². The second-order valence-corrected chi connectivity index (χ2v) is 5.19. The molecule has 24 heavy (non-hydrogen) atoms. The number of nitrogens with zero attached hydrogens (tertiary/aromatic N) is 2. The van der Waals surface area contributed by atoms with E-state index in [1.165, 1.54) is 6.42 Å². The predicted molar refractivity (Wildman–Crippen MR) is 110 cm³/mol. The molecule has 0 saturated heterocycles. The maximum atomic E-state index is 5.51. The average molecular weight is 452 g/mol. The molecule has 1 heterocycles. The van der Waals surface area contributed by atoms with Gasteiger partial charge in [0.15, 0.2) is 5.96 Å². The van der Waals surface area contributed by atoms with Crippen molar-refractivity contribution in [2.45, 2.75) is 33.2 Å². The van der Waals surface area contributed by atoms with Crippen molar-refractivity contribution in [1.29, 1.82) is 0 Å². The van der Waals surface area contributed by atoms with Gasteiger partial charge in [-0.1, -0.05) is 13.3 Å². The lowest BCUT2D eigenvalue weighted by molar-refractivity contribution is 0.0497. The lowest BCUT2D eigenvalue weighted by atomic mass is 10.4. The van der Waals surface area contributed by atoms with E-state index in [2.05, 4.69) is 46.4 Å². The fourth-order valence-electron chi connectivity index (χ4n) is 1.95. The maximum Gasteiger partial charge on any atom is 0.191 e. The van der Waals surface area contributed by atoms with Crippen molar-refractivity contribution in [2.24, 2.45) is 4.99 Å². The van der Waals surface area contributed by atoms with Gasteiger partial charge in [-0.25, -0.2) is 0 Å². The number of aromatic nitrogens is 1. The van der Waals surface area contributed by atoms with Gasteiger partial charge >= 0.3 is 0 Å². The lowest BCUT2D eigenvalue weighted by Gasteiger charge is -2.11. The van der Waals surface area contributed by atoms with Crippen LogP contribution >= 0.6 is 24.0 Å². The van der Waals surface area contributed by atoms with Crippen LogP contribution in [-0.4, -0.2) is 56.6 Å². The summed E-state index contributed by atoms with van der Waals surface area (Å²) < 4.78 is 13.1. The van der Waals surface area contributed by atoms with Gasteiger partial charge in [0.2, 0.25) is 0 Å². The third kappa shape index (κ3) is 12.6. The van der Waals surface area contributed by atoms with Gasteiger partial charge in [0.1, 0.15) is 0 Å². The Hall–Kier alpha value is -0.800. The minimum Gasteiger partial charge on any atom is -0.379 e. The minimum absolute atomic E-state index is 0. The molecule has 0 aliphatic heterocycles. The SMILES string of the molecule is CCCCOCCOCCN=C(NCC)NCCn1cccc1.I. The average Bonchev–Trinajstić information content (AvgIpc) is 3.06. The molecule has 0 saturated carbocycles. The van der Waals surface area contributed by atoms with E-state index in [4.69, 9.17) is 9.47 Å². The smallest absolute Gasteiger partial charge is 0.191 e. The van der Waals surface area contributed by atoms with Crippen molar-refractivity contribution >= 4 is 29.9 Å². The number of nitrogens with one attached hydrogen (secondary N) is 2. The Morgan fingerprint density at radius 1 is 1.00 bits per heavy atom. The van der Waals surface area contributed by atoms with Crippen molar-refractivity contribution < 1.29 is 9.47 Å². The fraction of sp³-hybridized carbons (Fsp3) is 0.706. The van der Waals surface area contributed by atoms with Crippen LogP contribution in [0.1, 0.15) is 26.7 Å². The van der Waals surface area contributed by atoms with Crippen LogP contribution in [0.2, 0.25) is 0 Å². The molecule has 140 valence electrons. The van der Waals surface area contributed by atoms with E-state index < -0.39 is 0 Å². The van der Waals surface area contributed by atoms with Gasteiger partial charge in [0, 0.05) is 38.6 Å². The van der Waals surface area contributed by atoms with Gasteiger partial charge in [-0.2, -0.15) is 0 Å². The molecule has 7 heteroatoms. The van der Waals surface area contributed by atoms with E-state index in [9.17, 15) is 0 Å². The molecule has 0 atom stereocenters. The van der Waals surface area contributed by atoms with Gasteiger partial charge in [0.05, 0.1) is 26.4 Å². The van der Waals surface area contributed by atoms with Crippen molar-refractivity contribution in [3.8, 4) is 0 Å². The number of unbranched alkanes of at least 4 members (excludes halogenated alkanes) is 1. The molecule has 0 spiro atoms. The van der Waals surface area contributed by atoms with Crippen molar-refractivity contribution in [3.05, 3.63) is 24.5 Å². The van der Waals surface area contributed by atoms with Crippen LogP contribution in [0, 0.1) is 0 Å². The first-order valence-corrected chi connectivity index (χ1v) is 8.65. The second-order valence-electron chi connectivity index (χ2n) is 5.19. The number of halogens is 1. The van der Waals surface area contributed by atoms with Crippen molar-refractivity contribution in [1.82, 2.24) is 15.2 Å². The molecule has 0 aromatic carbocycles. The van der Waals surface area contributed by atoms with Crippen molar-refractivity contribution in [3.63, 3.8) is 0 Å². The Morgan fingerprint density at radius 3 is 2.38 bits per heavy atom. The van der Waals surface area contributed by atoms with Gasteiger partial charge in [-0.3, -0.25) is 4.99 Å². The highest BCUT2D eigenvalue weighted by Gasteiger charge is 1.97. The van der Waals surface area contributed by atoms with E-state index >= 15 is 0 Å². The van der Waals surface area contributed by atoms with Crippen LogP contribution in [0.25, 0.3) is 0 Å². The molecule has 0 radical (unpaired) electrons. The standard InChI is InChI=1S/C17H32N4O2.HI/c1-3-5-13-22-15-16-23-14-9-20-17(18-4-2)19-8-12-21-10-6-7-11-21;/h6-7,10-11H,3-5,8-9,12-16H2,1-2H3,(H2,18,19,20);1H.